The molecule has 0 saturated heterocycles. The van der Waals surface area contributed by atoms with E-state index >= 15 is 0 Å². The summed E-state index contributed by atoms with van der Waals surface area (Å²) in [6.45, 7) is 6.43. The number of hydrogen-bond donors (Lipinski definition) is 0. The van der Waals surface area contributed by atoms with Gasteiger partial charge in [-0.2, -0.15) is 0 Å². The zero-order chi connectivity index (χ0) is 9.45. The van der Waals surface area contributed by atoms with Crippen LogP contribution in [0.4, 0.5) is 0 Å². The predicted molar refractivity (Wildman–Crippen MR) is 50.8 cm³/mol. The highest BCUT2D eigenvalue weighted by Crippen LogP contribution is 2.08. The largest absolute Gasteiger partial charge is 0.528 e. The standard InChI is InChI=1S/C8H18O3Si/c1-5-7-8-11-12(6-2,9-3)10-4/h6H,2,5,7-8H2,1,3-4H3. The molecule has 0 amide bonds. The molecule has 0 radical (unpaired) electrons. The summed E-state index contributed by atoms with van der Waals surface area (Å²) < 4.78 is 15.8. The molecule has 0 aromatic heterocycles. The molecule has 0 heterocycles. The van der Waals surface area contributed by atoms with E-state index < -0.39 is 8.80 Å². The first-order valence-electron chi connectivity index (χ1n) is 4.12. The SMILES string of the molecule is C=C[Si](OC)(OC)OCCCC. The Morgan fingerprint density at radius 2 is 1.92 bits per heavy atom. The van der Waals surface area contributed by atoms with Crippen molar-refractivity contribution in [2.75, 3.05) is 20.8 Å². The summed E-state index contributed by atoms with van der Waals surface area (Å²) in [6.07, 6.45) is 2.13. The van der Waals surface area contributed by atoms with Gasteiger partial charge in [-0.3, -0.25) is 0 Å². The molecule has 4 heteroatoms. The fraction of sp³-hybridized carbons (Fsp3) is 0.750. The average molecular weight is 190 g/mol. The van der Waals surface area contributed by atoms with Gasteiger partial charge in [-0.25, -0.2) is 0 Å². The van der Waals surface area contributed by atoms with Crippen LogP contribution in [-0.2, 0) is 13.3 Å². The lowest BCUT2D eigenvalue weighted by atomic mass is 10.4. The molecular weight excluding hydrogens is 172 g/mol. The van der Waals surface area contributed by atoms with Crippen molar-refractivity contribution in [3.05, 3.63) is 12.3 Å². The fourth-order valence-electron chi connectivity index (χ4n) is 0.786. The Kier molecular flexibility index (Phi) is 6.28. The van der Waals surface area contributed by atoms with Crippen molar-refractivity contribution in [3.63, 3.8) is 0 Å². The topological polar surface area (TPSA) is 27.7 Å². The summed E-state index contributed by atoms with van der Waals surface area (Å²) in [6, 6.07) is 0. The third-order valence-electron chi connectivity index (χ3n) is 1.62. The maximum absolute atomic E-state index is 5.49. The normalized spacial score (nSPS) is 11.6. The van der Waals surface area contributed by atoms with E-state index in [1.54, 1.807) is 19.9 Å². The van der Waals surface area contributed by atoms with Crippen LogP contribution in [0.1, 0.15) is 19.8 Å². The van der Waals surface area contributed by atoms with Crippen LogP contribution in [0.2, 0.25) is 0 Å². The molecule has 3 nitrogen and oxygen atoms in total. The maximum atomic E-state index is 5.49. The minimum atomic E-state index is -2.49. The Balaban J connectivity index is 3.84. The van der Waals surface area contributed by atoms with Crippen molar-refractivity contribution in [3.8, 4) is 0 Å². The van der Waals surface area contributed by atoms with Gasteiger partial charge < -0.3 is 13.3 Å². The Morgan fingerprint density at radius 1 is 1.33 bits per heavy atom. The second-order valence-corrected chi connectivity index (χ2v) is 5.14. The first-order valence-corrected chi connectivity index (χ1v) is 5.92. The van der Waals surface area contributed by atoms with E-state index in [-0.39, 0.29) is 0 Å². The maximum Gasteiger partial charge on any atom is 0.528 e. The summed E-state index contributed by atoms with van der Waals surface area (Å²) in [5.41, 5.74) is 1.64. The van der Waals surface area contributed by atoms with E-state index in [0.717, 1.165) is 12.8 Å². The second-order valence-electron chi connectivity index (χ2n) is 2.42. The van der Waals surface area contributed by atoms with Gasteiger partial charge in [0, 0.05) is 20.8 Å². The molecule has 12 heavy (non-hydrogen) atoms. The summed E-state index contributed by atoms with van der Waals surface area (Å²) in [4.78, 5) is 0. The Labute approximate surface area is 75.7 Å². The molecule has 0 fully saturated rings. The van der Waals surface area contributed by atoms with Gasteiger partial charge in [0.05, 0.1) is 0 Å². The van der Waals surface area contributed by atoms with Crippen LogP contribution < -0.4 is 0 Å². The summed E-state index contributed by atoms with van der Waals surface area (Å²) in [7, 11) is 0.683. The van der Waals surface area contributed by atoms with Crippen LogP contribution in [0.5, 0.6) is 0 Å². The van der Waals surface area contributed by atoms with Gasteiger partial charge in [-0.15, -0.1) is 0 Å². The van der Waals surface area contributed by atoms with Crippen LogP contribution in [-0.4, -0.2) is 29.6 Å². The van der Waals surface area contributed by atoms with Crippen LogP contribution >= 0.6 is 0 Å². The quantitative estimate of drug-likeness (QED) is 0.452. The van der Waals surface area contributed by atoms with Crippen LogP contribution in [0.15, 0.2) is 12.3 Å². The van der Waals surface area contributed by atoms with Crippen molar-refractivity contribution in [2.45, 2.75) is 19.8 Å². The third kappa shape index (κ3) is 3.49. The first-order chi connectivity index (χ1) is 5.74. The molecule has 0 aliphatic rings. The fourth-order valence-corrected chi connectivity index (χ4v) is 2.07. The summed E-state index contributed by atoms with van der Waals surface area (Å²) in [5, 5.41) is 0. The molecule has 0 N–H and O–H groups in total. The molecule has 0 aromatic rings. The highest BCUT2D eigenvalue weighted by Gasteiger charge is 2.34. The second kappa shape index (κ2) is 6.36. The molecule has 0 atom stereocenters. The van der Waals surface area contributed by atoms with E-state index in [4.69, 9.17) is 13.3 Å². The van der Waals surface area contributed by atoms with Gasteiger partial charge >= 0.3 is 8.80 Å². The van der Waals surface area contributed by atoms with E-state index in [1.807, 2.05) is 0 Å². The van der Waals surface area contributed by atoms with Crippen LogP contribution in [0.25, 0.3) is 0 Å². The lowest BCUT2D eigenvalue weighted by molar-refractivity contribution is 0.111. The minimum Gasteiger partial charge on any atom is -0.374 e. The highest BCUT2D eigenvalue weighted by molar-refractivity contribution is 6.66. The molecule has 0 rings (SSSR count). The lowest BCUT2D eigenvalue weighted by Gasteiger charge is -2.22. The van der Waals surface area contributed by atoms with Gasteiger partial charge in [0.15, 0.2) is 0 Å². The molecule has 0 aromatic carbocycles. The number of rotatable bonds is 7. The Morgan fingerprint density at radius 3 is 2.25 bits per heavy atom. The highest BCUT2D eigenvalue weighted by atomic mass is 28.4. The monoisotopic (exact) mass is 190 g/mol. The van der Waals surface area contributed by atoms with E-state index in [0.29, 0.717) is 6.61 Å². The van der Waals surface area contributed by atoms with Crippen molar-refractivity contribution in [1.29, 1.82) is 0 Å². The van der Waals surface area contributed by atoms with Crippen molar-refractivity contribution >= 4 is 8.80 Å². The van der Waals surface area contributed by atoms with Gasteiger partial charge in [0.1, 0.15) is 0 Å². The Bertz CT molecular complexity index is 123. The molecule has 0 saturated carbocycles. The third-order valence-corrected chi connectivity index (χ3v) is 3.86. The summed E-state index contributed by atoms with van der Waals surface area (Å²) >= 11 is 0. The van der Waals surface area contributed by atoms with Crippen molar-refractivity contribution in [1.82, 2.24) is 0 Å². The zero-order valence-corrected chi connectivity index (χ0v) is 9.13. The molecule has 0 aliphatic carbocycles. The van der Waals surface area contributed by atoms with Gasteiger partial charge in [-0.05, 0) is 12.1 Å². The number of unbranched alkanes of at least 4 members (excludes halogenated alkanes) is 1. The molecular formula is C8H18O3Si. The van der Waals surface area contributed by atoms with E-state index in [9.17, 15) is 0 Å². The minimum absolute atomic E-state index is 0.677. The molecule has 72 valence electrons. The zero-order valence-electron chi connectivity index (χ0n) is 8.13. The van der Waals surface area contributed by atoms with Crippen LogP contribution in [0.3, 0.4) is 0 Å². The predicted octanol–water partition coefficient (Wildman–Crippen LogP) is 1.76. The van der Waals surface area contributed by atoms with Gasteiger partial charge in [0.25, 0.3) is 0 Å². The lowest BCUT2D eigenvalue weighted by Crippen LogP contribution is -2.42. The average Bonchev–Trinajstić information content (AvgIpc) is 2.14. The van der Waals surface area contributed by atoms with Crippen molar-refractivity contribution in [2.24, 2.45) is 0 Å². The van der Waals surface area contributed by atoms with Crippen molar-refractivity contribution < 1.29 is 13.3 Å². The number of hydrogen-bond acceptors (Lipinski definition) is 3. The molecule has 0 unspecified atom stereocenters. The molecule has 0 aliphatic heterocycles. The van der Waals surface area contributed by atoms with E-state index in [2.05, 4.69) is 13.5 Å². The van der Waals surface area contributed by atoms with Gasteiger partial charge in [0.2, 0.25) is 0 Å². The molecule has 0 bridgehead atoms. The smallest absolute Gasteiger partial charge is 0.374 e. The van der Waals surface area contributed by atoms with E-state index in [1.165, 1.54) is 0 Å². The van der Waals surface area contributed by atoms with Crippen LogP contribution in [0, 0.1) is 0 Å². The molecule has 0 spiro atoms. The summed E-state index contributed by atoms with van der Waals surface area (Å²) in [5.74, 6) is 0. The van der Waals surface area contributed by atoms with Gasteiger partial charge in [-0.1, -0.05) is 19.9 Å². The first kappa shape index (κ1) is 11.8. The Hall–Kier alpha value is -0.163.